The molecule has 0 unspecified atom stereocenters. The topological polar surface area (TPSA) is 189 Å². The van der Waals surface area contributed by atoms with Gasteiger partial charge < -0.3 is 40.5 Å². The molecule has 8 rings (SSSR count). The Labute approximate surface area is 432 Å². The molecule has 388 valence electrons. The first kappa shape index (κ1) is 56.1. The molecule has 0 aliphatic heterocycles. The fourth-order valence-electron chi connectivity index (χ4n) is 8.00. The van der Waals surface area contributed by atoms with Gasteiger partial charge in [-0.15, -0.1) is 0 Å². The Bertz CT molecular complexity index is 2980. The quantitative estimate of drug-likeness (QED) is 0.0350. The highest BCUT2D eigenvalue weighted by atomic mass is 79.9. The Hall–Kier alpha value is -7.16. The number of ether oxygens (including phenoxy) is 4. The molecule has 0 spiro atoms. The second-order valence-electron chi connectivity index (χ2n) is 16.8. The first-order valence-corrected chi connectivity index (χ1v) is 24.1. The highest BCUT2D eigenvalue weighted by Gasteiger charge is 2.35. The van der Waals surface area contributed by atoms with Gasteiger partial charge in [-0.25, -0.2) is 19.6 Å². The van der Waals surface area contributed by atoms with Crippen LogP contribution in [0.1, 0.15) is 112 Å². The summed E-state index contributed by atoms with van der Waals surface area (Å²) in [4.78, 5) is 31.6. The Morgan fingerprint density at radius 3 is 1.53 bits per heavy atom. The lowest BCUT2D eigenvalue weighted by molar-refractivity contribution is -0.138. The molecule has 2 aliphatic carbocycles. The maximum absolute atomic E-state index is 13.6. The third-order valence-corrected chi connectivity index (χ3v) is 12.3. The van der Waals surface area contributed by atoms with E-state index in [1.807, 2.05) is 48.5 Å². The van der Waals surface area contributed by atoms with E-state index in [1.165, 1.54) is 16.1 Å². The van der Waals surface area contributed by atoms with Crippen LogP contribution >= 0.6 is 15.9 Å². The highest BCUT2D eigenvalue weighted by Crippen LogP contribution is 2.45. The molecule has 0 radical (unpaired) electrons. The summed E-state index contributed by atoms with van der Waals surface area (Å²) in [5.74, 6) is -0.942. The number of allylic oxidation sites excluding steroid dienone is 4. The minimum atomic E-state index is -4.62. The van der Waals surface area contributed by atoms with Gasteiger partial charge in [0.15, 0.2) is 0 Å². The van der Waals surface area contributed by atoms with Gasteiger partial charge in [0, 0.05) is 34.8 Å². The van der Waals surface area contributed by atoms with Gasteiger partial charge in [-0.05, 0) is 144 Å². The zero-order valence-electron chi connectivity index (χ0n) is 40.2. The number of alkyl halides is 6. The molecule has 20 heteroatoms. The number of hydrogen-bond acceptors (Lipinski definition) is 12. The normalized spacial score (nSPS) is 13.3. The molecule has 0 bridgehead atoms. The Morgan fingerprint density at radius 1 is 0.608 bits per heavy atom. The van der Waals surface area contributed by atoms with Crippen LogP contribution in [0.5, 0.6) is 11.8 Å². The van der Waals surface area contributed by atoms with Gasteiger partial charge in [0.25, 0.3) is 0 Å². The van der Waals surface area contributed by atoms with Crippen molar-refractivity contribution >= 4 is 68.5 Å². The fourth-order valence-corrected chi connectivity index (χ4v) is 8.71. The van der Waals surface area contributed by atoms with Gasteiger partial charge in [-0.1, -0.05) is 76.6 Å². The van der Waals surface area contributed by atoms with E-state index in [-0.39, 0.29) is 37.5 Å². The SMILES string of the molecule is CCOC(=O)c1cc(N)cc(C2=C(Br)CCC2)c1.CCOC(=O)c1cc(N)cc(C2=C(c3cc(C(F)(F)F)cnc3OCc3ccccc3)CCC2)c1.OB(O)c1cc(C(F)(F)F)cnc1OCc1ccccc1. The highest BCUT2D eigenvalue weighted by molar-refractivity contribution is 9.11. The lowest BCUT2D eigenvalue weighted by Crippen LogP contribution is -2.33. The van der Waals surface area contributed by atoms with Gasteiger partial charge in [0.2, 0.25) is 11.8 Å². The van der Waals surface area contributed by atoms with Crippen molar-refractivity contribution < 1.29 is 64.9 Å². The fraction of sp³-hybridized carbons (Fsp3) is 0.259. The van der Waals surface area contributed by atoms with Crippen LogP contribution in [0.15, 0.2) is 126 Å². The first-order valence-electron chi connectivity index (χ1n) is 23.4. The summed E-state index contributed by atoms with van der Waals surface area (Å²) in [7, 11) is -2.11. The predicted molar refractivity (Wildman–Crippen MR) is 274 cm³/mol. The first-order chi connectivity index (χ1) is 35.2. The third-order valence-electron chi connectivity index (χ3n) is 11.4. The van der Waals surface area contributed by atoms with Gasteiger partial charge in [0.1, 0.15) is 13.2 Å². The molecule has 0 saturated heterocycles. The van der Waals surface area contributed by atoms with Crippen molar-refractivity contribution in [2.45, 2.75) is 77.9 Å². The number of esters is 2. The Kier molecular flexibility index (Phi) is 19.5. The monoisotopic (exact) mass is 1090 g/mol. The summed E-state index contributed by atoms with van der Waals surface area (Å²) < 4.78 is 101. The van der Waals surface area contributed by atoms with Gasteiger partial charge >= 0.3 is 31.4 Å². The molecule has 6 aromatic rings. The number of aromatic nitrogens is 2. The molecular weight excluding hydrogens is 1040 g/mol. The smallest absolute Gasteiger partial charge is 0.473 e. The number of halogens is 7. The molecule has 2 heterocycles. The summed E-state index contributed by atoms with van der Waals surface area (Å²) in [5.41, 5.74) is 17.7. The summed E-state index contributed by atoms with van der Waals surface area (Å²) in [6.45, 7) is 4.31. The molecule has 0 atom stereocenters. The molecule has 2 aromatic heterocycles. The average molecular weight is 1090 g/mol. The lowest BCUT2D eigenvalue weighted by Gasteiger charge is -2.16. The molecule has 0 amide bonds. The maximum Gasteiger partial charge on any atom is 0.494 e. The number of nitrogen functional groups attached to an aromatic ring is 2. The lowest BCUT2D eigenvalue weighted by atomic mass is 9.80. The predicted octanol–water partition coefficient (Wildman–Crippen LogP) is 11.6. The minimum absolute atomic E-state index is 0.0545. The van der Waals surface area contributed by atoms with E-state index < -0.39 is 42.0 Å². The van der Waals surface area contributed by atoms with Crippen molar-refractivity contribution in [2.24, 2.45) is 0 Å². The van der Waals surface area contributed by atoms with Crippen LogP contribution < -0.4 is 26.4 Å². The van der Waals surface area contributed by atoms with Crippen molar-refractivity contribution in [3.8, 4) is 11.8 Å². The molecule has 12 nitrogen and oxygen atoms in total. The Morgan fingerprint density at radius 2 is 1.05 bits per heavy atom. The van der Waals surface area contributed by atoms with E-state index >= 15 is 0 Å². The van der Waals surface area contributed by atoms with Crippen molar-refractivity contribution in [3.05, 3.63) is 176 Å². The number of pyridine rings is 2. The number of anilines is 2. The van der Waals surface area contributed by atoms with Gasteiger partial charge in [0.05, 0.1) is 35.5 Å². The van der Waals surface area contributed by atoms with Crippen LogP contribution in [0.3, 0.4) is 0 Å². The van der Waals surface area contributed by atoms with E-state index in [1.54, 1.807) is 56.3 Å². The van der Waals surface area contributed by atoms with E-state index in [9.17, 15) is 35.9 Å². The van der Waals surface area contributed by atoms with E-state index in [0.717, 1.165) is 60.2 Å². The molecular formula is C54H52BBrF6N4O8. The molecule has 4 aromatic carbocycles. The second-order valence-corrected chi connectivity index (χ2v) is 17.7. The maximum atomic E-state index is 13.6. The second kappa shape index (κ2) is 25.7. The zero-order valence-corrected chi connectivity index (χ0v) is 41.8. The van der Waals surface area contributed by atoms with Crippen molar-refractivity contribution in [1.29, 1.82) is 0 Å². The summed E-state index contributed by atoms with van der Waals surface area (Å²) in [6, 6.07) is 30.3. The summed E-state index contributed by atoms with van der Waals surface area (Å²) in [5, 5.41) is 18.3. The van der Waals surface area contributed by atoms with Crippen molar-refractivity contribution in [3.63, 3.8) is 0 Å². The van der Waals surface area contributed by atoms with E-state index in [0.29, 0.717) is 70.9 Å². The third kappa shape index (κ3) is 15.4. The number of nitrogens with two attached hydrogens (primary N) is 2. The van der Waals surface area contributed by atoms with Crippen LogP contribution in [0.4, 0.5) is 37.7 Å². The van der Waals surface area contributed by atoms with Crippen LogP contribution in [-0.2, 0) is 35.0 Å². The van der Waals surface area contributed by atoms with Crippen molar-refractivity contribution in [2.75, 3.05) is 24.7 Å². The van der Waals surface area contributed by atoms with E-state index in [4.69, 9.17) is 40.5 Å². The van der Waals surface area contributed by atoms with Crippen LogP contribution in [0.25, 0.3) is 16.7 Å². The summed E-state index contributed by atoms with van der Waals surface area (Å²) >= 11 is 3.58. The number of carbonyl (C=O) groups excluding carboxylic acids is 2. The largest absolute Gasteiger partial charge is 0.494 e. The van der Waals surface area contributed by atoms with Gasteiger partial charge in [-0.2, -0.15) is 26.3 Å². The number of rotatable bonds is 14. The van der Waals surface area contributed by atoms with Crippen molar-refractivity contribution in [1.82, 2.24) is 9.97 Å². The van der Waals surface area contributed by atoms with Crippen LogP contribution in [0.2, 0.25) is 0 Å². The number of benzene rings is 4. The standard InChI is InChI=1S/C27H25F3N2O3.C14H16BrNO2.C13H11BF3NO3/c1-2-34-26(33)19-11-18(12-21(31)13-19)22-9-6-10-23(22)24-14-20(27(28,29)30)15-32-25(24)35-16-17-7-4-3-5-8-17;1-2-18-14(17)10-6-9(7-11(16)8-10)12-4-3-5-13(12)15;15-13(16,17)10-6-11(14(19)20)12(18-7-10)21-8-9-4-2-1-3-5-9/h3-5,7-8,11-15H,2,6,9-10,16,31H2,1H3;6-8H,2-5,16H2,1H3;1-7,19-20H,8H2. The van der Waals surface area contributed by atoms with E-state index in [2.05, 4.69) is 25.9 Å². The van der Waals surface area contributed by atoms with Gasteiger partial charge in [-0.3, -0.25) is 0 Å². The molecule has 2 aliphatic rings. The average Bonchev–Trinajstić information content (AvgIpc) is 4.05. The minimum Gasteiger partial charge on any atom is -0.473 e. The number of hydrogen-bond donors (Lipinski definition) is 4. The summed E-state index contributed by atoms with van der Waals surface area (Å²) in [6.07, 6.45) is -2.67. The molecule has 0 fully saturated rings. The zero-order chi connectivity index (χ0) is 53.6. The van der Waals surface area contributed by atoms with Crippen LogP contribution in [0, 0.1) is 0 Å². The molecule has 6 N–H and O–H groups in total. The molecule has 74 heavy (non-hydrogen) atoms. The van der Waals surface area contributed by atoms with Crippen LogP contribution in [-0.4, -0.2) is 52.3 Å². The molecule has 0 saturated carbocycles. The Balaban J connectivity index is 0.000000195. The number of carbonyl (C=O) groups is 2. The number of nitrogens with zero attached hydrogens (tertiary/aromatic N) is 2.